The van der Waals surface area contributed by atoms with E-state index in [0.717, 1.165) is 5.56 Å². The van der Waals surface area contributed by atoms with E-state index in [0.29, 0.717) is 0 Å². The molecule has 1 aromatic carbocycles. The topological polar surface area (TPSA) is 47.9 Å². The number of hydrogen-bond donors (Lipinski definition) is 1. The molecule has 1 heterocycles. The first kappa shape index (κ1) is 8.65. The summed E-state index contributed by atoms with van der Waals surface area (Å²) in [5.41, 5.74) is 0.870. The molecule has 1 fully saturated rings. The monoisotopic (exact) mass is 182 g/mol. The summed E-state index contributed by atoms with van der Waals surface area (Å²) in [6, 6.07) is 9.40. The standard InChI is InChI=1S/C9H10O4/c10-8-6-11-9(13-12-8)7-4-2-1-3-5-7/h1-5,8-10H,6H2. The molecule has 1 aliphatic rings. The second kappa shape index (κ2) is 3.85. The lowest BCUT2D eigenvalue weighted by Gasteiger charge is -2.25. The lowest BCUT2D eigenvalue weighted by molar-refractivity contribution is -0.478. The Morgan fingerprint density at radius 1 is 1.15 bits per heavy atom. The summed E-state index contributed by atoms with van der Waals surface area (Å²) in [6.07, 6.45) is -1.52. The molecule has 1 N–H and O–H groups in total. The summed E-state index contributed by atoms with van der Waals surface area (Å²) in [6.45, 7) is 0.125. The predicted molar refractivity (Wildman–Crippen MR) is 43.3 cm³/mol. The summed E-state index contributed by atoms with van der Waals surface area (Å²) in [4.78, 5) is 9.38. The Hall–Kier alpha value is -0.940. The summed E-state index contributed by atoms with van der Waals surface area (Å²) in [7, 11) is 0. The minimum Gasteiger partial charge on any atom is -0.364 e. The van der Waals surface area contributed by atoms with Crippen molar-refractivity contribution in [3.05, 3.63) is 35.9 Å². The van der Waals surface area contributed by atoms with Gasteiger partial charge in [0.15, 0.2) is 0 Å². The van der Waals surface area contributed by atoms with Crippen molar-refractivity contribution in [3.8, 4) is 0 Å². The van der Waals surface area contributed by atoms with Gasteiger partial charge >= 0.3 is 0 Å². The van der Waals surface area contributed by atoms with E-state index in [-0.39, 0.29) is 6.61 Å². The summed E-state index contributed by atoms with van der Waals surface area (Å²) < 4.78 is 5.18. The van der Waals surface area contributed by atoms with Gasteiger partial charge in [-0.2, -0.15) is 9.78 Å². The van der Waals surface area contributed by atoms with Crippen LogP contribution in [0.2, 0.25) is 0 Å². The number of benzene rings is 1. The molecule has 70 valence electrons. The van der Waals surface area contributed by atoms with E-state index in [1.165, 1.54) is 0 Å². The van der Waals surface area contributed by atoms with Crippen LogP contribution in [0.4, 0.5) is 0 Å². The minimum absolute atomic E-state index is 0.125. The fourth-order valence-electron chi connectivity index (χ4n) is 1.10. The number of ether oxygens (including phenoxy) is 1. The van der Waals surface area contributed by atoms with Crippen LogP contribution < -0.4 is 0 Å². The van der Waals surface area contributed by atoms with E-state index in [1.807, 2.05) is 30.3 Å². The second-order valence-electron chi connectivity index (χ2n) is 2.72. The molecular weight excluding hydrogens is 172 g/mol. The lowest BCUT2D eigenvalue weighted by atomic mass is 10.2. The zero-order chi connectivity index (χ0) is 9.10. The molecule has 0 radical (unpaired) electrons. The van der Waals surface area contributed by atoms with Crippen molar-refractivity contribution in [2.45, 2.75) is 12.6 Å². The maximum absolute atomic E-state index is 8.90. The molecule has 2 rings (SSSR count). The van der Waals surface area contributed by atoms with Crippen molar-refractivity contribution in [1.29, 1.82) is 0 Å². The molecular formula is C9H10O4. The Bertz CT molecular complexity index is 254. The van der Waals surface area contributed by atoms with Crippen molar-refractivity contribution in [3.63, 3.8) is 0 Å². The molecule has 0 saturated carbocycles. The molecule has 4 nitrogen and oxygen atoms in total. The largest absolute Gasteiger partial charge is 0.364 e. The quantitative estimate of drug-likeness (QED) is 0.658. The molecule has 0 aromatic heterocycles. The van der Waals surface area contributed by atoms with Crippen LogP contribution in [-0.2, 0) is 14.5 Å². The molecule has 2 unspecified atom stereocenters. The normalized spacial score (nSPS) is 28.7. The first-order valence-corrected chi connectivity index (χ1v) is 4.03. The third-order valence-corrected chi connectivity index (χ3v) is 1.72. The third-order valence-electron chi connectivity index (χ3n) is 1.72. The van der Waals surface area contributed by atoms with Crippen LogP contribution >= 0.6 is 0 Å². The van der Waals surface area contributed by atoms with Gasteiger partial charge in [-0.1, -0.05) is 30.3 Å². The van der Waals surface area contributed by atoms with Crippen LogP contribution in [0.15, 0.2) is 30.3 Å². The van der Waals surface area contributed by atoms with Gasteiger partial charge in [-0.05, 0) is 0 Å². The molecule has 1 aliphatic heterocycles. The zero-order valence-corrected chi connectivity index (χ0v) is 6.92. The molecule has 1 saturated heterocycles. The smallest absolute Gasteiger partial charge is 0.217 e. The highest BCUT2D eigenvalue weighted by atomic mass is 17.3. The van der Waals surface area contributed by atoms with E-state index >= 15 is 0 Å². The Balaban J connectivity index is 2.03. The molecule has 2 atom stereocenters. The highest BCUT2D eigenvalue weighted by Gasteiger charge is 2.22. The van der Waals surface area contributed by atoms with Crippen molar-refractivity contribution >= 4 is 0 Å². The lowest BCUT2D eigenvalue weighted by Crippen LogP contribution is -2.28. The molecule has 1 aromatic rings. The van der Waals surface area contributed by atoms with Crippen molar-refractivity contribution in [2.75, 3.05) is 6.61 Å². The fraction of sp³-hybridized carbons (Fsp3) is 0.333. The average molecular weight is 182 g/mol. The van der Waals surface area contributed by atoms with Crippen molar-refractivity contribution in [1.82, 2.24) is 0 Å². The van der Waals surface area contributed by atoms with Gasteiger partial charge in [-0.25, -0.2) is 0 Å². The van der Waals surface area contributed by atoms with Gasteiger partial charge in [0.1, 0.15) is 6.61 Å². The zero-order valence-electron chi connectivity index (χ0n) is 6.92. The van der Waals surface area contributed by atoms with Crippen LogP contribution in [0.1, 0.15) is 11.9 Å². The fourth-order valence-corrected chi connectivity index (χ4v) is 1.10. The number of aliphatic hydroxyl groups excluding tert-OH is 1. The number of rotatable bonds is 1. The Morgan fingerprint density at radius 2 is 1.92 bits per heavy atom. The SMILES string of the molecule is OC1COC(c2ccccc2)OO1. The molecule has 13 heavy (non-hydrogen) atoms. The summed E-state index contributed by atoms with van der Waals surface area (Å²) in [5, 5.41) is 8.90. The molecule has 0 bridgehead atoms. The van der Waals surface area contributed by atoms with Crippen LogP contribution in [0.5, 0.6) is 0 Å². The minimum atomic E-state index is -0.986. The average Bonchev–Trinajstić information content (AvgIpc) is 2.20. The van der Waals surface area contributed by atoms with Gasteiger partial charge in [0, 0.05) is 5.56 Å². The Morgan fingerprint density at radius 3 is 2.54 bits per heavy atom. The van der Waals surface area contributed by atoms with Gasteiger partial charge in [-0.15, -0.1) is 0 Å². The molecule has 0 spiro atoms. The van der Waals surface area contributed by atoms with Gasteiger partial charge in [0.25, 0.3) is 0 Å². The third kappa shape index (κ3) is 2.05. The second-order valence-corrected chi connectivity index (χ2v) is 2.72. The maximum atomic E-state index is 8.90. The van der Waals surface area contributed by atoms with Crippen LogP contribution in [-0.4, -0.2) is 18.0 Å². The molecule has 4 heteroatoms. The summed E-state index contributed by atoms with van der Waals surface area (Å²) in [5.74, 6) is 0. The van der Waals surface area contributed by atoms with E-state index in [1.54, 1.807) is 0 Å². The van der Waals surface area contributed by atoms with E-state index < -0.39 is 12.6 Å². The number of aliphatic hydroxyl groups is 1. The van der Waals surface area contributed by atoms with E-state index in [9.17, 15) is 0 Å². The van der Waals surface area contributed by atoms with Crippen LogP contribution in [0, 0.1) is 0 Å². The predicted octanol–water partition coefficient (Wildman–Crippen LogP) is 0.982. The van der Waals surface area contributed by atoms with Crippen LogP contribution in [0.3, 0.4) is 0 Å². The van der Waals surface area contributed by atoms with Gasteiger partial charge in [0.2, 0.25) is 12.6 Å². The Labute approximate surface area is 75.6 Å². The van der Waals surface area contributed by atoms with Crippen molar-refractivity contribution < 1.29 is 19.6 Å². The highest BCUT2D eigenvalue weighted by Crippen LogP contribution is 2.22. The van der Waals surface area contributed by atoms with E-state index in [4.69, 9.17) is 14.7 Å². The first-order valence-electron chi connectivity index (χ1n) is 4.03. The van der Waals surface area contributed by atoms with Gasteiger partial charge in [-0.3, -0.25) is 0 Å². The first-order chi connectivity index (χ1) is 6.36. The van der Waals surface area contributed by atoms with Crippen LogP contribution in [0.25, 0.3) is 0 Å². The molecule has 0 amide bonds. The van der Waals surface area contributed by atoms with E-state index in [2.05, 4.69) is 4.89 Å². The van der Waals surface area contributed by atoms with Crippen molar-refractivity contribution in [2.24, 2.45) is 0 Å². The van der Waals surface area contributed by atoms with Gasteiger partial charge < -0.3 is 9.84 Å². The maximum Gasteiger partial charge on any atom is 0.217 e. The Kier molecular flexibility index (Phi) is 2.56. The molecule has 0 aliphatic carbocycles. The van der Waals surface area contributed by atoms with Gasteiger partial charge in [0.05, 0.1) is 0 Å². The number of hydrogen-bond acceptors (Lipinski definition) is 4. The summed E-state index contributed by atoms with van der Waals surface area (Å²) >= 11 is 0. The highest BCUT2D eigenvalue weighted by molar-refractivity contribution is 5.15.